The van der Waals surface area contributed by atoms with Crippen LogP contribution in [0.3, 0.4) is 0 Å². The molecule has 0 aromatic heterocycles. The Bertz CT molecular complexity index is 1340. The predicted molar refractivity (Wildman–Crippen MR) is 164 cm³/mol. The van der Waals surface area contributed by atoms with Crippen LogP contribution in [0.2, 0.25) is 0 Å². The van der Waals surface area contributed by atoms with Crippen molar-refractivity contribution in [3.8, 4) is 12.3 Å². The number of terminal acetylenes is 1. The summed E-state index contributed by atoms with van der Waals surface area (Å²) in [5.41, 5.74) is 7.94. The Labute approximate surface area is 235 Å². The number of nitrogens with zero attached hydrogens (tertiary/aromatic N) is 2. The third-order valence-corrected chi connectivity index (χ3v) is 8.23. The molecule has 0 saturated carbocycles. The molecule has 4 rings (SSSR count). The molecular formula is C35H44N3O+. The maximum atomic E-state index is 11.9. The first-order chi connectivity index (χ1) is 18.7. The molecular weight excluding hydrogens is 478 g/mol. The zero-order valence-electron chi connectivity index (χ0n) is 24.4. The highest BCUT2D eigenvalue weighted by Crippen LogP contribution is 2.47. The summed E-state index contributed by atoms with van der Waals surface area (Å²) in [6.45, 7) is 13.8. The van der Waals surface area contributed by atoms with Gasteiger partial charge in [-0.15, -0.1) is 6.42 Å². The van der Waals surface area contributed by atoms with E-state index in [0.29, 0.717) is 13.0 Å². The van der Waals surface area contributed by atoms with E-state index in [2.05, 4.69) is 122 Å². The van der Waals surface area contributed by atoms with E-state index in [1.807, 2.05) is 0 Å². The summed E-state index contributed by atoms with van der Waals surface area (Å²) in [6, 6.07) is 17.6. The number of fused-ring (bicyclic) bond motifs is 2. The van der Waals surface area contributed by atoms with Crippen molar-refractivity contribution in [3.63, 3.8) is 0 Å². The van der Waals surface area contributed by atoms with Crippen molar-refractivity contribution in [1.29, 1.82) is 0 Å². The van der Waals surface area contributed by atoms with Gasteiger partial charge in [0.2, 0.25) is 11.6 Å². The third kappa shape index (κ3) is 5.74. The van der Waals surface area contributed by atoms with Gasteiger partial charge in [-0.2, -0.15) is 4.58 Å². The van der Waals surface area contributed by atoms with Gasteiger partial charge in [0.1, 0.15) is 6.54 Å². The third-order valence-electron chi connectivity index (χ3n) is 8.23. The van der Waals surface area contributed by atoms with E-state index in [4.69, 9.17) is 6.42 Å². The molecule has 0 aliphatic carbocycles. The molecule has 2 aromatic rings. The van der Waals surface area contributed by atoms with Gasteiger partial charge in [-0.25, -0.2) is 0 Å². The molecule has 4 nitrogen and oxygen atoms in total. The van der Waals surface area contributed by atoms with E-state index < -0.39 is 0 Å². The molecule has 2 aliphatic heterocycles. The lowest BCUT2D eigenvalue weighted by Gasteiger charge is -2.27. The second-order valence-corrected chi connectivity index (χ2v) is 11.7. The van der Waals surface area contributed by atoms with E-state index in [9.17, 15) is 4.79 Å². The van der Waals surface area contributed by atoms with E-state index in [0.717, 1.165) is 38.8 Å². The Morgan fingerprint density at radius 2 is 1.72 bits per heavy atom. The number of amides is 1. The summed E-state index contributed by atoms with van der Waals surface area (Å²) in [4.78, 5) is 14.4. The number of hydrogen-bond acceptors (Lipinski definition) is 2. The summed E-state index contributed by atoms with van der Waals surface area (Å²) in [7, 11) is 0. The molecule has 0 atom stereocenters. The smallest absolute Gasteiger partial charge is 0.220 e. The van der Waals surface area contributed by atoms with Crippen LogP contribution in [-0.4, -0.2) is 35.8 Å². The molecule has 2 heterocycles. The highest BCUT2D eigenvalue weighted by molar-refractivity contribution is 6.03. The zero-order valence-corrected chi connectivity index (χ0v) is 24.4. The Balaban J connectivity index is 1.56. The van der Waals surface area contributed by atoms with Gasteiger partial charge in [0.05, 0.1) is 12.0 Å². The van der Waals surface area contributed by atoms with Crippen molar-refractivity contribution in [2.24, 2.45) is 0 Å². The van der Waals surface area contributed by atoms with E-state index in [-0.39, 0.29) is 16.7 Å². The van der Waals surface area contributed by atoms with Gasteiger partial charge in [-0.05, 0) is 44.4 Å². The average molecular weight is 523 g/mol. The van der Waals surface area contributed by atoms with Crippen molar-refractivity contribution >= 4 is 23.0 Å². The SMILES string of the molecule is C#CCNC(=O)CCCCCN1C(=CC=CC2=[N+](CCC)c3ccccc3C2(C)C)C(C)(C)c2ccccc21. The molecule has 4 heteroatoms. The van der Waals surface area contributed by atoms with Crippen LogP contribution in [0.15, 0.2) is 72.5 Å². The minimum Gasteiger partial charge on any atom is -0.345 e. The first-order valence-electron chi connectivity index (χ1n) is 14.4. The van der Waals surface area contributed by atoms with Gasteiger partial charge >= 0.3 is 0 Å². The average Bonchev–Trinajstić information content (AvgIpc) is 3.27. The van der Waals surface area contributed by atoms with Crippen LogP contribution in [0.5, 0.6) is 0 Å². The lowest BCUT2D eigenvalue weighted by molar-refractivity contribution is -0.437. The molecule has 0 unspecified atom stereocenters. The molecule has 39 heavy (non-hydrogen) atoms. The fraction of sp³-hybridized carbons (Fsp3) is 0.429. The number of para-hydroxylation sites is 2. The standard InChI is InChI=1S/C35H43N3O/c1-7-24-36-33(39)23-10-9-15-26-38-30-20-14-12-18-28(30)35(5,6)32(38)22-16-21-31-34(3,4)27-17-11-13-19-29(27)37(31)25-8-2/h1,11-14,16-22H,8-10,15,23-26H2,2-6H3/p+1. The van der Waals surface area contributed by atoms with Gasteiger partial charge in [0.25, 0.3) is 0 Å². The first kappa shape index (κ1) is 28.4. The number of benzene rings is 2. The number of nitrogens with one attached hydrogen (secondary N) is 1. The molecule has 0 saturated heterocycles. The van der Waals surface area contributed by atoms with Crippen molar-refractivity contribution in [3.05, 3.63) is 83.6 Å². The number of hydrogen-bond donors (Lipinski definition) is 1. The van der Waals surface area contributed by atoms with Crippen LogP contribution in [-0.2, 0) is 15.6 Å². The fourth-order valence-corrected chi connectivity index (χ4v) is 6.19. The summed E-state index contributed by atoms with van der Waals surface area (Å²) >= 11 is 0. The Morgan fingerprint density at radius 1 is 1.00 bits per heavy atom. The second-order valence-electron chi connectivity index (χ2n) is 11.7. The largest absolute Gasteiger partial charge is 0.345 e. The number of anilines is 1. The summed E-state index contributed by atoms with van der Waals surface area (Å²) < 4.78 is 2.50. The Kier molecular flexibility index (Phi) is 8.80. The summed E-state index contributed by atoms with van der Waals surface area (Å²) in [5.74, 6) is 2.50. The van der Waals surface area contributed by atoms with E-state index >= 15 is 0 Å². The second kappa shape index (κ2) is 12.1. The molecule has 0 bridgehead atoms. The Hall–Kier alpha value is -3.58. The van der Waals surface area contributed by atoms with Crippen LogP contribution in [0.4, 0.5) is 11.4 Å². The van der Waals surface area contributed by atoms with Gasteiger partial charge in [0.15, 0.2) is 5.71 Å². The molecule has 1 amide bonds. The molecule has 2 aliphatic rings. The van der Waals surface area contributed by atoms with Gasteiger partial charge in [-0.3, -0.25) is 4.79 Å². The number of allylic oxidation sites excluding steroid dienone is 4. The van der Waals surface area contributed by atoms with Crippen molar-refractivity contribution < 1.29 is 9.37 Å². The van der Waals surface area contributed by atoms with Gasteiger partial charge in [0, 0.05) is 53.9 Å². The van der Waals surface area contributed by atoms with Crippen LogP contribution >= 0.6 is 0 Å². The van der Waals surface area contributed by atoms with Crippen molar-refractivity contribution in [1.82, 2.24) is 5.32 Å². The van der Waals surface area contributed by atoms with E-state index in [1.165, 1.54) is 33.9 Å². The van der Waals surface area contributed by atoms with Crippen LogP contribution < -0.4 is 10.2 Å². The first-order valence-corrected chi connectivity index (χ1v) is 14.4. The van der Waals surface area contributed by atoms with E-state index in [1.54, 1.807) is 0 Å². The molecule has 0 fully saturated rings. The molecule has 2 aromatic carbocycles. The normalized spacial score (nSPS) is 17.9. The summed E-state index contributed by atoms with van der Waals surface area (Å²) in [6.07, 6.45) is 16.7. The topological polar surface area (TPSA) is 35.4 Å². The number of unbranched alkanes of at least 4 members (excludes halogenated alkanes) is 2. The van der Waals surface area contributed by atoms with Gasteiger partial charge in [-0.1, -0.05) is 75.6 Å². The van der Waals surface area contributed by atoms with Crippen molar-refractivity contribution in [2.75, 3.05) is 24.5 Å². The molecule has 204 valence electrons. The molecule has 0 spiro atoms. The fourth-order valence-electron chi connectivity index (χ4n) is 6.19. The number of rotatable bonds is 11. The maximum Gasteiger partial charge on any atom is 0.220 e. The molecule has 0 radical (unpaired) electrons. The minimum atomic E-state index is -0.0853. The molecule has 1 N–H and O–H groups in total. The lowest BCUT2D eigenvalue weighted by atomic mass is 9.81. The van der Waals surface area contributed by atoms with Gasteiger partial charge < -0.3 is 10.2 Å². The van der Waals surface area contributed by atoms with Crippen LogP contribution in [0.1, 0.15) is 77.8 Å². The number of carbonyl (C=O) groups excluding carboxylic acids is 1. The van der Waals surface area contributed by atoms with Crippen molar-refractivity contribution in [2.45, 2.75) is 77.6 Å². The summed E-state index contributed by atoms with van der Waals surface area (Å²) in [5, 5.41) is 2.76. The highest BCUT2D eigenvalue weighted by Gasteiger charge is 2.44. The zero-order chi connectivity index (χ0) is 28.0. The van der Waals surface area contributed by atoms with Crippen LogP contribution in [0, 0.1) is 12.3 Å². The lowest BCUT2D eigenvalue weighted by Crippen LogP contribution is -2.28. The monoisotopic (exact) mass is 522 g/mol. The number of carbonyl (C=O) groups is 1. The maximum absolute atomic E-state index is 11.9. The Morgan fingerprint density at radius 3 is 2.46 bits per heavy atom. The highest BCUT2D eigenvalue weighted by atomic mass is 16.1. The van der Waals surface area contributed by atoms with Crippen LogP contribution in [0.25, 0.3) is 0 Å². The predicted octanol–water partition coefficient (Wildman–Crippen LogP) is 7.02. The minimum absolute atomic E-state index is 0.0397. The quantitative estimate of drug-likeness (QED) is 0.196.